The number of nitrogens with one attached hydrogen (secondary N) is 1. The number of carbonyl (C=O) groups excluding carboxylic acids is 2. The van der Waals surface area contributed by atoms with Crippen molar-refractivity contribution in [1.82, 2.24) is 10.2 Å². The number of ether oxygens (including phenoxy) is 3. The Morgan fingerprint density at radius 3 is 2.54 bits per heavy atom. The number of esters is 1. The topological polar surface area (TPSA) is 103 Å². The van der Waals surface area contributed by atoms with Crippen LogP contribution < -0.4 is 11.1 Å². The van der Waals surface area contributed by atoms with Gasteiger partial charge in [0.25, 0.3) is 0 Å². The van der Waals surface area contributed by atoms with Crippen molar-refractivity contribution in [1.29, 1.82) is 0 Å². The van der Waals surface area contributed by atoms with E-state index in [0.717, 1.165) is 13.1 Å². The first-order valence-electron chi connectivity index (χ1n) is 8.17. The van der Waals surface area contributed by atoms with E-state index in [1.807, 2.05) is 13.8 Å². The van der Waals surface area contributed by atoms with Crippen LogP contribution in [0.1, 0.15) is 20.8 Å². The van der Waals surface area contributed by atoms with Crippen molar-refractivity contribution in [3.8, 4) is 0 Å². The van der Waals surface area contributed by atoms with Crippen molar-refractivity contribution in [2.45, 2.75) is 51.2 Å². The summed E-state index contributed by atoms with van der Waals surface area (Å²) in [5, 5.41) is 2.83. The lowest BCUT2D eigenvalue weighted by Crippen LogP contribution is -2.60. The van der Waals surface area contributed by atoms with E-state index in [9.17, 15) is 9.59 Å². The van der Waals surface area contributed by atoms with Gasteiger partial charge in [0.15, 0.2) is 0 Å². The Kier molecular flexibility index (Phi) is 6.20. The number of amides is 1. The summed E-state index contributed by atoms with van der Waals surface area (Å²) >= 11 is 0. The molecule has 8 heteroatoms. The van der Waals surface area contributed by atoms with Crippen LogP contribution in [-0.4, -0.2) is 73.9 Å². The summed E-state index contributed by atoms with van der Waals surface area (Å²) in [5.41, 5.74) is 6.14. The number of rotatable bonds is 4. The van der Waals surface area contributed by atoms with Gasteiger partial charge in [0.05, 0.1) is 31.4 Å². The Morgan fingerprint density at radius 1 is 1.38 bits per heavy atom. The molecule has 0 aromatic heterocycles. The lowest BCUT2D eigenvalue weighted by Gasteiger charge is -2.41. The van der Waals surface area contributed by atoms with E-state index in [1.54, 1.807) is 0 Å². The van der Waals surface area contributed by atoms with E-state index >= 15 is 0 Å². The predicted molar refractivity (Wildman–Crippen MR) is 87.0 cm³/mol. The number of nitrogens with two attached hydrogens (primary N) is 1. The van der Waals surface area contributed by atoms with Crippen LogP contribution in [0.3, 0.4) is 0 Å². The maximum absolute atomic E-state index is 11.8. The third-order valence-electron chi connectivity index (χ3n) is 4.13. The van der Waals surface area contributed by atoms with Crippen LogP contribution in [0.4, 0.5) is 0 Å². The number of nitrogens with zero attached hydrogens (tertiary/aromatic N) is 1. The fraction of sp³-hybridized carbons (Fsp3) is 0.750. The molecule has 3 N–H and O–H groups in total. The first kappa shape index (κ1) is 18.7. The average Bonchev–Trinajstić information content (AvgIpc) is 2.48. The summed E-state index contributed by atoms with van der Waals surface area (Å²) in [6.07, 6.45) is 1.27. The zero-order valence-electron chi connectivity index (χ0n) is 14.7. The van der Waals surface area contributed by atoms with Crippen molar-refractivity contribution in [3.05, 3.63) is 11.8 Å². The minimum Gasteiger partial charge on any atom is -0.480 e. The molecule has 1 fully saturated rings. The van der Waals surface area contributed by atoms with E-state index < -0.39 is 24.2 Å². The zero-order valence-corrected chi connectivity index (χ0v) is 14.7. The molecule has 0 radical (unpaired) electrons. The minimum absolute atomic E-state index is 0.0889. The minimum atomic E-state index is -0.569. The summed E-state index contributed by atoms with van der Waals surface area (Å²) in [6, 6.07) is -0.943. The van der Waals surface area contributed by atoms with Gasteiger partial charge in [0.2, 0.25) is 11.7 Å². The van der Waals surface area contributed by atoms with Gasteiger partial charge in [0.1, 0.15) is 6.10 Å². The van der Waals surface area contributed by atoms with Crippen LogP contribution in [0, 0.1) is 0 Å². The van der Waals surface area contributed by atoms with E-state index in [1.165, 1.54) is 20.1 Å². The van der Waals surface area contributed by atoms with Crippen molar-refractivity contribution < 1.29 is 23.8 Å². The quantitative estimate of drug-likeness (QED) is 0.657. The molecule has 5 atom stereocenters. The van der Waals surface area contributed by atoms with Gasteiger partial charge in [-0.05, 0) is 19.9 Å². The molecule has 136 valence electrons. The van der Waals surface area contributed by atoms with Crippen LogP contribution in [0.2, 0.25) is 0 Å². The highest BCUT2D eigenvalue weighted by Gasteiger charge is 2.38. The number of methoxy groups -OCH3 is 1. The highest BCUT2D eigenvalue weighted by molar-refractivity contribution is 5.86. The number of hydrogen-bond donors (Lipinski definition) is 2. The summed E-state index contributed by atoms with van der Waals surface area (Å²) in [5.74, 6) is -0.672. The molecule has 24 heavy (non-hydrogen) atoms. The third kappa shape index (κ3) is 4.68. The van der Waals surface area contributed by atoms with E-state index in [-0.39, 0.29) is 23.9 Å². The molecular formula is C16H27N3O5. The van der Waals surface area contributed by atoms with Gasteiger partial charge in [-0.1, -0.05) is 0 Å². The molecule has 2 rings (SSSR count). The molecule has 2 aliphatic heterocycles. The van der Waals surface area contributed by atoms with E-state index in [0.29, 0.717) is 6.54 Å². The first-order valence-corrected chi connectivity index (χ1v) is 8.17. The highest BCUT2D eigenvalue weighted by Crippen LogP contribution is 2.21. The van der Waals surface area contributed by atoms with Crippen LogP contribution in [-0.2, 0) is 23.8 Å². The van der Waals surface area contributed by atoms with E-state index in [4.69, 9.17) is 19.9 Å². The van der Waals surface area contributed by atoms with Gasteiger partial charge in [-0.2, -0.15) is 0 Å². The molecule has 2 heterocycles. The second-order valence-corrected chi connectivity index (χ2v) is 6.46. The van der Waals surface area contributed by atoms with Gasteiger partial charge in [-0.25, -0.2) is 4.79 Å². The van der Waals surface area contributed by atoms with Crippen molar-refractivity contribution in [2.75, 3.05) is 26.7 Å². The molecule has 0 aliphatic carbocycles. The van der Waals surface area contributed by atoms with Gasteiger partial charge < -0.3 is 25.3 Å². The molecule has 1 saturated heterocycles. The first-order chi connectivity index (χ1) is 11.3. The average molecular weight is 341 g/mol. The molecule has 0 aromatic carbocycles. The lowest BCUT2D eigenvalue weighted by molar-refractivity contribution is -0.143. The smallest absolute Gasteiger partial charge is 0.373 e. The third-order valence-corrected chi connectivity index (χ3v) is 4.13. The summed E-state index contributed by atoms with van der Waals surface area (Å²) in [7, 11) is 1.29. The Morgan fingerprint density at radius 2 is 2.00 bits per heavy atom. The van der Waals surface area contributed by atoms with Crippen LogP contribution >= 0.6 is 0 Å². The van der Waals surface area contributed by atoms with Crippen LogP contribution in [0.5, 0.6) is 0 Å². The molecule has 0 aromatic rings. The second-order valence-electron chi connectivity index (χ2n) is 6.46. The highest BCUT2D eigenvalue weighted by atomic mass is 16.6. The number of carbonyl (C=O) groups is 2. The fourth-order valence-corrected chi connectivity index (χ4v) is 3.28. The Hall–Kier alpha value is -1.64. The van der Waals surface area contributed by atoms with Gasteiger partial charge in [0, 0.05) is 26.6 Å². The van der Waals surface area contributed by atoms with Gasteiger partial charge in [-0.15, -0.1) is 0 Å². The largest absolute Gasteiger partial charge is 0.480 e. The zero-order chi connectivity index (χ0) is 17.9. The van der Waals surface area contributed by atoms with E-state index in [2.05, 4.69) is 10.2 Å². The number of hydrogen-bond acceptors (Lipinski definition) is 7. The molecule has 0 spiro atoms. The second kappa shape index (κ2) is 7.96. The Bertz CT molecular complexity index is 500. The number of morpholine rings is 1. The standard InChI is InChI=1S/C16H27N3O5/c1-9-6-19(7-10(2)23-9)8-14-15(18-11(3)20)12(17)5-13(24-14)16(21)22-4/h5,9-10,12,14-15H,6-8,17H2,1-4H3,(H,18,20)/t9-,10+,12-,14-,15+/m0/s1. The summed E-state index contributed by atoms with van der Waals surface area (Å²) in [4.78, 5) is 25.5. The Balaban J connectivity index is 2.14. The summed E-state index contributed by atoms with van der Waals surface area (Å²) < 4.78 is 16.3. The fourth-order valence-electron chi connectivity index (χ4n) is 3.28. The van der Waals surface area contributed by atoms with Gasteiger partial charge in [-0.3, -0.25) is 9.69 Å². The molecule has 1 amide bonds. The molecule has 0 unspecified atom stereocenters. The Labute approximate surface area is 142 Å². The normalized spacial score (nSPS) is 34.0. The van der Waals surface area contributed by atoms with Crippen molar-refractivity contribution >= 4 is 11.9 Å². The van der Waals surface area contributed by atoms with Gasteiger partial charge >= 0.3 is 5.97 Å². The lowest BCUT2D eigenvalue weighted by atomic mass is 9.98. The van der Waals surface area contributed by atoms with Crippen LogP contribution in [0.25, 0.3) is 0 Å². The molecule has 0 saturated carbocycles. The van der Waals surface area contributed by atoms with Crippen LogP contribution in [0.15, 0.2) is 11.8 Å². The maximum Gasteiger partial charge on any atom is 0.373 e. The molecule has 2 aliphatic rings. The molecular weight excluding hydrogens is 314 g/mol. The predicted octanol–water partition coefficient (Wildman–Crippen LogP) is -0.617. The van der Waals surface area contributed by atoms with Crippen molar-refractivity contribution in [2.24, 2.45) is 5.73 Å². The molecule has 8 nitrogen and oxygen atoms in total. The summed E-state index contributed by atoms with van der Waals surface area (Å²) in [6.45, 7) is 7.50. The van der Waals surface area contributed by atoms with Crippen molar-refractivity contribution in [3.63, 3.8) is 0 Å². The maximum atomic E-state index is 11.8. The SMILES string of the molecule is COC(=O)C1=C[C@H](N)[C@@H](NC(C)=O)[C@H](CN2C[C@@H](C)O[C@@H](C)C2)O1. The monoisotopic (exact) mass is 341 g/mol. The molecule has 0 bridgehead atoms.